The Morgan fingerprint density at radius 3 is 3.05 bits per heavy atom. The van der Waals surface area contributed by atoms with Crippen molar-refractivity contribution in [2.45, 2.75) is 12.5 Å². The summed E-state index contributed by atoms with van der Waals surface area (Å²) in [5.74, 6) is -0.0549. The van der Waals surface area contributed by atoms with Crippen molar-refractivity contribution < 1.29 is 9.50 Å². The maximum absolute atomic E-state index is 13.2. The molecule has 1 atom stereocenters. The summed E-state index contributed by atoms with van der Waals surface area (Å²) in [6.07, 6.45) is 0.793. The molecule has 0 bridgehead atoms. The topological polar surface area (TPSA) is 62.1 Å². The Balaban J connectivity index is 1.57. The molecule has 22 heavy (non-hydrogen) atoms. The Morgan fingerprint density at radius 1 is 1.36 bits per heavy atom. The molecule has 1 aliphatic rings. The van der Waals surface area contributed by atoms with Crippen LogP contribution in [0.4, 0.5) is 15.2 Å². The molecular formula is C16H14FN3OS. The second kappa shape index (κ2) is 4.84. The second-order valence-corrected chi connectivity index (χ2v) is 6.57. The molecule has 1 unspecified atom stereocenters. The third-order valence-corrected chi connectivity index (χ3v) is 4.71. The van der Waals surface area contributed by atoms with Crippen LogP contribution in [0.2, 0.25) is 0 Å². The molecule has 4 nitrogen and oxygen atoms in total. The zero-order valence-electron chi connectivity index (χ0n) is 11.7. The minimum Gasteiger partial charge on any atom is -0.506 e. The van der Waals surface area contributed by atoms with Crippen molar-refractivity contribution in [3.8, 4) is 5.75 Å². The van der Waals surface area contributed by atoms with Gasteiger partial charge in [-0.15, -0.1) is 0 Å². The van der Waals surface area contributed by atoms with E-state index < -0.39 is 0 Å². The molecule has 0 spiro atoms. The fraction of sp³-hybridized carbons (Fsp3) is 0.188. The van der Waals surface area contributed by atoms with Crippen molar-refractivity contribution in [1.29, 1.82) is 0 Å². The van der Waals surface area contributed by atoms with Crippen LogP contribution >= 0.6 is 11.3 Å². The van der Waals surface area contributed by atoms with Crippen LogP contribution in [-0.4, -0.2) is 22.7 Å². The van der Waals surface area contributed by atoms with Gasteiger partial charge < -0.3 is 15.7 Å². The summed E-state index contributed by atoms with van der Waals surface area (Å²) in [5.41, 5.74) is 8.18. The van der Waals surface area contributed by atoms with E-state index in [1.165, 1.54) is 17.4 Å². The highest BCUT2D eigenvalue weighted by molar-refractivity contribution is 7.22. The van der Waals surface area contributed by atoms with Crippen LogP contribution in [0.5, 0.6) is 5.75 Å². The first kappa shape index (κ1) is 13.3. The number of aromatic nitrogens is 1. The number of aromatic hydroxyl groups is 1. The van der Waals surface area contributed by atoms with Crippen molar-refractivity contribution in [2.24, 2.45) is 0 Å². The van der Waals surface area contributed by atoms with Gasteiger partial charge in [0.15, 0.2) is 5.13 Å². The van der Waals surface area contributed by atoms with Crippen molar-refractivity contribution in [2.75, 3.05) is 17.2 Å². The minimum atomic E-state index is -0.205. The van der Waals surface area contributed by atoms with Crippen molar-refractivity contribution >= 4 is 32.4 Å². The fourth-order valence-corrected chi connectivity index (χ4v) is 3.58. The number of anilines is 2. The van der Waals surface area contributed by atoms with E-state index >= 15 is 0 Å². The zero-order valence-corrected chi connectivity index (χ0v) is 12.5. The van der Waals surface area contributed by atoms with Crippen LogP contribution in [0, 0.1) is 5.82 Å². The molecule has 112 valence electrons. The third-order valence-electron chi connectivity index (χ3n) is 3.88. The number of hydrogen-bond donors (Lipinski definition) is 2. The number of nitrogens with two attached hydrogens (primary N) is 1. The molecule has 2 aromatic carbocycles. The van der Waals surface area contributed by atoms with Crippen LogP contribution in [0.1, 0.15) is 5.56 Å². The summed E-state index contributed by atoms with van der Waals surface area (Å²) in [4.78, 5) is 6.30. The SMILES string of the molecule is Nc1nc2c(O)cc(N3CC3Cc3cccc(F)c3)cc2s1. The fourth-order valence-electron chi connectivity index (χ4n) is 2.79. The molecule has 3 N–H and O–H groups in total. The molecule has 1 saturated heterocycles. The molecule has 2 heterocycles. The van der Waals surface area contributed by atoms with Crippen LogP contribution < -0.4 is 10.6 Å². The molecule has 0 amide bonds. The highest BCUT2D eigenvalue weighted by atomic mass is 32.1. The summed E-state index contributed by atoms with van der Waals surface area (Å²) in [6.45, 7) is 0.899. The Kier molecular flexibility index (Phi) is 2.94. The van der Waals surface area contributed by atoms with Gasteiger partial charge >= 0.3 is 0 Å². The Bertz CT molecular complexity index is 864. The summed E-state index contributed by atoms with van der Waals surface area (Å²) < 4.78 is 14.1. The summed E-state index contributed by atoms with van der Waals surface area (Å²) in [7, 11) is 0. The number of thiazole rings is 1. The van der Waals surface area contributed by atoms with Gasteiger partial charge in [0.1, 0.15) is 17.1 Å². The number of hydrogen-bond acceptors (Lipinski definition) is 5. The van der Waals surface area contributed by atoms with Crippen molar-refractivity contribution in [3.63, 3.8) is 0 Å². The summed E-state index contributed by atoms with van der Waals surface area (Å²) >= 11 is 1.36. The summed E-state index contributed by atoms with van der Waals surface area (Å²) in [5, 5.41) is 10.5. The van der Waals surface area contributed by atoms with Gasteiger partial charge in [-0.25, -0.2) is 9.37 Å². The average molecular weight is 315 g/mol. The first-order valence-corrected chi connectivity index (χ1v) is 7.82. The first-order valence-electron chi connectivity index (χ1n) is 7.00. The molecule has 0 saturated carbocycles. The highest BCUT2D eigenvalue weighted by Gasteiger charge is 2.34. The smallest absolute Gasteiger partial charge is 0.181 e. The number of phenols is 1. The molecule has 4 rings (SSSR count). The number of rotatable bonds is 3. The predicted octanol–water partition coefficient (Wildman–Crippen LogP) is 3.15. The Hall–Kier alpha value is -2.34. The van der Waals surface area contributed by atoms with Crippen LogP contribution in [-0.2, 0) is 6.42 Å². The van der Waals surface area contributed by atoms with Gasteiger partial charge in [0.05, 0.1) is 10.7 Å². The van der Waals surface area contributed by atoms with E-state index in [4.69, 9.17) is 5.73 Å². The van der Waals surface area contributed by atoms with Crippen LogP contribution in [0.25, 0.3) is 10.2 Å². The quantitative estimate of drug-likeness (QED) is 0.729. The normalized spacial score (nSPS) is 17.1. The minimum absolute atomic E-state index is 0.150. The van der Waals surface area contributed by atoms with E-state index in [1.807, 2.05) is 12.1 Å². The lowest BCUT2D eigenvalue weighted by molar-refractivity contribution is 0.480. The monoisotopic (exact) mass is 315 g/mol. The largest absolute Gasteiger partial charge is 0.506 e. The maximum atomic E-state index is 13.2. The van der Waals surface area contributed by atoms with Gasteiger partial charge in [-0.1, -0.05) is 23.5 Å². The van der Waals surface area contributed by atoms with Crippen LogP contribution in [0.3, 0.4) is 0 Å². The Morgan fingerprint density at radius 2 is 2.23 bits per heavy atom. The number of benzene rings is 2. The standard InChI is InChI=1S/C16H14FN3OS/c17-10-3-1-2-9(4-10)5-12-8-20(12)11-6-13(21)15-14(7-11)22-16(18)19-15/h1-4,6-7,12,21H,5,8H2,(H2,18,19). The molecule has 0 aliphatic carbocycles. The summed E-state index contributed by atoms with van der Waals surface area (Å²) in [6, 6.07) is 10.7. The van der Waals surface area contributed by atoms with Gasteiger partial charge in [-0.2, -0.15) is 0 Å². The maximum Gasteiger partial charge on any atom is 0.181 e. The zero-order chi connectivity index (χ0) is 15.3. The molecule has 1 aromatic heterocycles. The lowest BCUT2D eigenvalue weighted by atomic mass is 10.1. The van der Waals surface area contributed by atoms with Crippen LogP contribution in [0.15, 0.2) is 36.4 Å². The van der Waals surface area contributed by atoms with Gasteiger partial charge in [0.25, 0.3) is 0 Å². The van der Waals surface area contributed by atoms with E-state index in [2.05, 4.69) is 9.88 Å². The molecular weight excluding hydrogens is 301 g/mol. The lowest BCUT2D eigenvalue weighted by Gasteiger charge is -2.07. The predicted molar refractivity (Wildman–Crippen MR) is 86.9 cm³/mol. The van der Waals surface area contributed by atoms with E-state index in [-0.39, 0.29) is 11.6 Å². The number of nitrogens with zero attached hydrogens (tertiary/aromatic N) is 2. The first-order chi connectivity index (χ1) is 10.6. The molecule has 6 heteroatoms. The average Bonchev–Trinajstić information content (AvgIpc) is 3.11. The van der Waals surface area contributed by atoms with E-state index in [1.54, 1.807) is 18.2 Å². The highest BCUT2D eigenvalue weighted by Crippen LogP contribution is 2.39. The third kappa shape index (κ3) is 2.35. The van der Waals surface area contributed by atoms with E-state index in [0.717, 1.165) is 28.9 Å². The molecule has 3 aromatic rings. The van der Waals surface area contributed by atoms with Gasteiger partial charge in [-0.3, -0.25) is 0 Å². The Labute approximate surface area is 130 Å². The van der Waals surface area contributed by atoms with Gasteiger partial charge in [0.2, 0.25) is 0 Å². The van der Waals surface area contributed by atoms with Crippen molar-refractivity contribution in [3.05, 3.63) is 47.8 Å². The van der Waals surface area contributed by atoms with Crippen molar-refractivity contribution in [1.82, 2.24) is 4.98 Å². The van der Waals surface area contributed by atoms with E-state index in [9.17, 15) is 9.50 Å². The van der Waals surface area contributed by atoms with E-state index in [0.29, 0.717) is 16.7 Å². The lowest BCUT2D eigenvalue weighted by Crippen LogP contribution is -2.02. The second-order valence-electron chi connectivity index (χ2n) is 5.50. The number of phenolic OH excluding ortho intramolecular Hbond substituents is 1. The van der Waals surface area contributed by atoms with Gasteiger partial charge in [0, 0.05) is 18.3 Å². The van der Waals surface area contributed by atoms with Gasteiger partial charge in [-0.05, 0) is 30.2 Å². The molecule has 1 aliphatic heterocycles. The number of fused-ring (bicyclic) bond motifs is 1. The number of halogens is 1. The molecule has 0 radical (unpaired) electrons. The molecule has 1 fully saturated rings. The number of nitrogen functional groups attached to an aromatic ring is 1.